The fraction of sp³-hybridized carbons (Fsp3) is 0.176. The summed E-state index contributed by atoms with van der Waals surface area (Å²) in [7, 11) is 1.26. The van der Waals surface area contributed by atoms with Crippen molar-refractivity contribution in [3.63, 3.8) is 0 Å². The molecule has 7 heteroatoms. The van der Waals surface area contributed by atoms with Crippen LogP contribution in [0.2, 0.25) is 5.02 Å². The van der Waals surface area contributed by atoms with Crippen molar-refractivity contribution in [1.29, 1.82) is 0 Å². The molecule has 0 radical (unpaired) electrons. The SMILES string of the molecule is COC(=O)c1ccc(Cl)c(NC(=O)[C@@H](C)Oc2ccc(F)cc2)c1. The van der Waals surface area contributed by atoms with Crippen molar-refractivity contribution in [3.05, 3.63) is 58.9 Å². The summed E-state index contributed by atoms with van der Waals surface area (Å²) in [5, 5.41) is 2.85. The first-order chi connectivity index (χ1) is 11.4. The number of carbonyl (C=O) groups excluding carboxylic acids is 2. The first-order valence-corrected chi connectivity index (χ1v) is 7.39. The standard InChI is InChI=1S/C17H15ClFNO4/c1-10(24-13-6-4-12(19)5-7-13)16(21)20-15-9-11(17(22)23-2)3-8-14(15)18/h3-10H,1-2H3,(H,20,21)/t10-/m1/s1. The molecule has 0 aliphatic rings. The second kappa shape index (κ2) is 7.79. The van der Waals surface area contributed by atoms with E-state index in [9.17, 15) is 14.0 Å². The van der Waals surface area contributed by atoms with Crippen LogP contribution < -0.4 is 10.1 Å². The molecule has 0 bridgehead atoms. The lowest BCUT2D eigenvalue weighted by Gasteiger charge is -2.15. The highest BCUT2D eigenvalue weighted by molar-refractivity contribution is 6.33. The molecule has 0 aliphatic carbocycles. The molecule has 0 heterocycles. The monoisotopic (exact) mass is 351 g/mol. The molecule has 2 aromatic carbocycles. The number of amides is 1. The third-order valence-corrected chi connectivity index (χ3v) is 3.47. The third-order valence-electron chi connectivity index (χ3n) is 3.14. The van der Waals surface area contributed by atoms with E-state index in [2.05, 4.69) is 10.1 Å². The summed E-state index contributed by atoms with van der Waals surface area (Å²) >= 11 is 6.02. The summed E-state index contributed by atoms with van der Waals surface area (Å²) in [6.45, 7) is 1.54. The highest BCUT2D eigenvalue weighted by Gasteiger charge is 2.17. The molecule has 1 N–H and O–H groups in total. The number of nitrogens with one attached hydrogen (secondary N) is 1. The molecule has 126 valence electrons. The number of benzene rings is 2. The molecule has 2 aromatic rings. The summed E-state index contributed by atoms with van der Waals surface area (Å²) in [5.74, 6) is -1.06. The van der Waals surface area contributed by atoms with E-state index in [1.54, 1.807) is 0 Å². The van der Waals surface area contributed by atoms with Gasteiger partial charge in [0.15, 0.2) is 6.10 Å². The van der Waals surface area contributed by atoms with Gasteiger partial charge in [-0.15, -0.1) is 0 Å². The van der Waals surface area contributed by atoms with Crippen molar-refractivity contribution in [2.45, 2.75) is 13.0 Å². The summed E-state index contributed by atoms with van der Waals surface area (Å²) in [4.78, 5) is 23.7. The molecular formula is C17H15ClFNO4. The lowest BCUT2D eigenvalue weighted by molar-refractivity contribution is -0.122. The van der Waals surface area contributed by atoms with E-state index in [4.69, 9.17) is 16.3 Å². The van der Waals surface area contributed by atoms with Gasteiger partial charge in [-0.2, -0.15) is 0 Å². The fourth-order valence-electron chi connectivity index (χ4n) is 1.87. The Kier molecular flexibility index (Phi) is 5.76. The Morgan fingerprint density at radius 2 is 1.83 bits per heavy atom. The molecule has 0 saturated heterocycles. The van der Waals surface area contributed by atoms with Crippen molar-refractivity contribution in [2.75, 3.05) is 12.4 Å². The van der Waals surface area contributed by atoms with E-state index in [1.165, 1.54) is 56.5 Å². The molecular weight excluding hydrogens is 337 g/mol. The van der Waals surface area contributed by atoms with E-state index in [0.717, 1.165) is 0 Å². The molecule has 0 spiro atoms. The second-order valence-electron chi connectivity index (χ2n) is 4.89. The molecule has 1 amide bonds. The van der Waals surface area contributed by atoms with Gasteiger partial charge in [0.2, 0.25) is 0 Å². The highest BCUT2D eigenvalue weighted by Crippen LogP contribution is 2.24. The van der Waals surface area contributed by atoms with E-state index in [1.807, 2.05) is 0 Å². The Bertz CT molecular complexity index is 749. The van der Waals surface area contributed by atoms with Crippen molar-refractivity contribution in [2.24, 2.45) is 0 Å². The molecule has 0 aliphatic heterocycles. The maximum Gasteiger partial charge on any atom is 0.337 e. The first kappa shape index (κ1) is 17.7. The number of esters is 1. The second-order valence-corrected chi connectivity index (χ2v) is 5.30. The lowest BCUT2D eigenvalue weighted by atomic mass is 10.2. The number of anilines is 1. The zero-order valence-corrected chi connectivity index (χ0v) is 13.8. The first-order valence-electron chi connectivity index (χ1n) is 7.01. The van der Waals surface area contributed by atoms with Crippen molar-refractivity contribution < 1.29 is 23.5 Å². The summed E-state index contributed by atoms with van der Waals surface area (Å²) in [6.07, 6.45) is -0.853. The van der Waals surface area contributed by atoms with Gasteiger partial charge in [0.25, 0.3) is 5.91 Å². The van der Waals surface area contributed by atoms with Gasteiger partial charge in [-0.1, -0.05) is 11.6 Å². The van der Waals surface area contributed by atoms with Crippen LogP contribution in [0.5, 0.6) is 5.75 Å². The normalized spacial score (nSPS) is 11.5. The van der Waals surface area contributed by atoms with Crippen LogP contribution in [0.4, 0.5) is 10.1 Å². The summed E-state index contributed by atoms with van der Waals surface area (Å²) in [5.41, 5.74) is 0.517. The molecule has 0 saturated carbocycles. The van der Waals surface area contributed by atoms with E-state index in [-0.39, 0.29) is 16.3 Å². The van der Waals surface area contributed by atoms with Crippen LogP contribution in [0, 0.1) is 5.82 Å². The van der Waals surface area contributed by atoms with E-state index in [0.29, 0.717) is 5.75 Å². The van der Waals surface area contributed by atoms with Crippen LogP contribution in [0.1, 0.15) is 17.3 Å². The maximum absolute atomic E-state index is 12.9. The number of hydrogen-bond acceptors (Lipinski definition) is 4. The van der Waals surface area contributed by atoms with Crippen molar-refractivity contribution in [3.8, 4) is 5.75 Å². The molecule has 2 rings (SSSR count). The topological polar surface area (TPSA) is 64.6 Å². The molecule has 0 fully saturated rings. The van der Waals surface area contributed by atoms with Crippen LogP contribution in [0.25, 0.3) is 0 Å². The average molecular weight is 352 g/mol. The smallest absolute Gasteiger partial charge is 0.337 e. The van der Waals surface area contributed by atoms with Crippen LogP contribution in [-0.2, 0) is 9.53 Å². The van der Waals surface area contributed by atoms with Crippen LogP contribution in [0.15, 0.2) is 42.5 Å². The van der Waals surface area contributed by atoms with Gasteiger partial charge in [0.1, 0.15) is 11.6 Å². The predicted octanol–water partition coefficient (Wildman–Crippen LogP) is 3.67. The van der Waals surface area contributed by atoms with Gasteiger partial charge in [-0.25, -0.2) is 9.18 Å². The number of ether oxygens (including phenoxy) is 2. The molecule has 5 nitrogen and oxygen atoms in total. The van der Waals surface area contributed by atoms with Gasteiger partial charge in [-0.3, -0.25) is 4.79 Å². The van der Waals surface area contributed by atoms with Crippen LogP contribution in [-0.4, -0.2) is 25.1 Å². The van der Waals surface area contributed by atoms with Crippen molar-refractivity contribution >= 4 is 29.2 Å². The molecule has 24 heavy (non-hydrogen) atoms. The Morgan fingerprint density at radius 1 is 1.17 bits per heavy atom. The number of rotatable bonds is 5. The van der Waals surface area contributed by atoms with Gasteiger partial charge < -0.3 is 14.8 Å². The predicted molar refractivity (Wildman–Crippen MR) is 87.9 cm³/mol. The van der Waals surface area contributed by atoms with Gasteiger partial charge in [-0.05, 0) is 49.4 Å². The lowest BCUT2D eigenvalue weighted by Crippen LogP contribution is -2.30. The minimum atomic E-state index is -0.853. The van der Waals surface area contributed by atoms with Gasteiger partial charge in [0, 0.05) is 0 Å². The minimum Gasteiger partial charge on any atom is -0.481 e. The largest absolute Gasteiger partial charge is 0.481 e. The maximum atomic E-state index is 12.9. The third kappa shape index (κ3) is 4.45. The number of methoxy groups -OCH3 is 1. The number of carbonyl (C=O) groups is 2. The quantitative estimate of drug-likeness (QED) is 0.835. The zero-order valence-electron chi connectivity index (χ0n) is 13.0. The minimum absolute atomic E-state index is 0.254. The van der Waals surface area contributed by atoms with Crippen LogP contribution in [0.3, 0.4) is 0 Å². The van der Waals surface area contributed by atoms with E-state index < -0.39 is 23.8 Å². The number of hydrogen-bond donors (Lipinski definition) is 1. The van der Waals surface area contributed by atoms with Crippen LogP contribution >= 0.6 is 11.6 Å². The van der Waals surface area contributed by atoms with Gasteiger partial charge in [0.05, 0.1) is 23.4 Å². The zero-order chi connectivity index (χ0) is 17.7. The molecule has 1 atom stereocenters. The van der Waals surface area contributed by atoms with E-state index >= 15 is 0 Å². The Balaban J connectivity index is 2.08. The fourth-order valence-corrected chi connectivity index (χ4v) is 2.04. The average Bonchev–Trinajstić information content (AvgIpc) is 2.58. The number of halogens is 2. The highest BCUT2D eigenvalue weighted by atomic mass is 35.5. The Hall–Kier alpha value is -2.60. The summed E-state index contributed by atoms with van der Waals surface area (Å²) in [6, 6.07) is 9.69. The van der Waals surface area contributed by atoms with Crippen molar-refractivity contribution in [1.82, 2.24) is 0 Å². The summed E-state index contributed by atoms with van der Waals surface area (Å²) < 4.78 is 22.9. The Labute approximate surface area is 143 Å². The van der Waals surface area contributed by atoms with Gasteiger partial charge >= 0.3 is 5.97 Å². The molecule has 0 unspecified atom stereocenters. The molecule has 0 aromatic heterocycles. The Morgan fingerprint density at radius 3 is 2.46 bits per heavy atom.